The Bertz CT molecular complexity index is 1520. The molecule has 0 aromatic heterocycles. The maximum absolute atomic E-state index is 14.5. The third kappa shape index (κ3) is 5.62. The van der Waals surface area contributed by atoms with Crippen LogP contribution in [-0.4, -0.2) is 116 Å². The fourth-order valence-corrected chi connectivity index (χ4v) is 13.0. The zero-order valence-electron chi connectivity index (χ0n) is 30.4. The summed E-state index contributed by atoms with van der Waals surface area (Å²) in [7, 11) is -4.80. The molecule has 6 rings (SSSR count). The van der Waals surface area contributed by atoms with Crippen LogP contribution in [0.3, 0.4) is 0 Å². The van der Waals surface area contributed by atoms with Crippen LogP contribution in [0.1, 0.15) is 92.9 Å². The Kier molecular flexibility index (Phi) is 9.79. The van der Waals surface area contributed by atoms with E-state index in [1.54, 1.807) is 13.8 Å². The van der Waals surface area contributed by atoms with Crippen molar-refractivity contribution < 1.29 is 67.2 Å². The minimum atomic E-state index is -4.80. The second-order valence-corrected chi connectivity index (χ2v) is 19.2. The van der Waals surface area contributed by atoms with Crippen LogP contribution in [0.25, 0.3) is 0 Å². The predicted octanol–water partition coefficient (Wildman–Crippen LogP) is 1.23. The topological polar surface area (TPSA) is 241 Å². The Balaban J connectivity index is 1.39. The minimum absolute atomic E-state index is 0.0516. The molecule has 0 aromatic rings. The third-order valence-corrected chi connectivity index (χ3v) is 16.2. The van der Waals surface area contributed by atoms with Crippen molar-refractivity contribution in [1.82, 2.24) is 0 Å². The molecule has 6 aliphatic rings. The molecule has 5 aliphatic carbocycles. The van der Waals surface area contributed by atoms with Gasteiger partial charge in [-0.15, -0.1) is 0 Å². The summed E-state index contributed by atoms with van der Waals surface area (Å²) in [6.07, 6.45) is -4.45. The second-order valence-electron chi connectivity index (χ2n) is 18.1. The van der Waals surface area contributed by atoms with E-state index in [9.17, 15) is 53.5 Å². The maximum atomic E-state index is 14.5. The molecule has 4 saturated carbocycles. The average Bonchev–Trinajstić information content (AvgIpc) is 3.04. The average molecular weight is 747 g/mol. The number of aliphatic hydroxyl groups is 7. The molecule has 1 aliphatic heterocycles. The summed E-state index contributed by atoms with van der Waals surface area (Å²) < 4.78 is 49.0. The van der Waals surface area contributed by atoms with Gasteiger partial charge in [-0.2, -0.15) is 8.42 Å². The van der Waals surface area contributed by atoms with Crippen molar-refractivity contribution in [2.24, 2.45) is 50.7 Å². The lowest BCUT2D eigenvalue weighted by atomic mass is 9.33. The Morgan fingerprint density at radius 2 is 1.61 bits per heavy atom. The van der Waals surface area contributed by atoms with Crippen LogP contribution in [0.5, 0.6) is 0 Å². The van der Waals surface area contributed by atoms with E-state index >= 15 is 0 Å². The molecule has 292 valence electrons. The molecule has 1 heterocycles. The van der Waals surface area contributed by atoms with Gasteiger partial charge in [0.2, 0.25) is 6.29 Å². The summed E-state index contributed by atoms with van der Waals surface area (Å²) >= 11 is 0. The van der Waals surface area contributed by atoms with Crippen molar-refractivity contribution >= 4 is 16.4 Å². The molecule has 0 radical (unpaired) electrons. The molecular weight excluding hydrogens is 688 g/mol. The lowest BCUT2D eigenvalue weighted by Gasteiger charge is -2.72. The van der Waals surface area contributed by atoms with E-state index in [1.165, 1.54) is 0 Å². The van der Waals surface area contributed by atoms with Gasteiger partial charge in [0.15, 0.2) is 0 Å². The first-order valence-electron chi connectivity index (χ1n) is 18.4. The van der Waals surface area contributed by atoms with Crippen LogP contribution >= 0.6 is 0 Å². The normalized spacial score (nSPS) is 54.2. The first-order chi connectivity index (χ1) is 23.4. The van der Waals surface area contributed by atoms with Gasteiger partial charge in [-0.25, -0.2) is 4.18 Å². The van der Waals surface area contributed by atoms with Crippen LogP contribution < -0.4 is 0 Å². The van der Waals surface area contributed by atoms with Gasteiger partial charge in [0.25, 0.3) is 0 Å². The monoisotopic (exact) mass is 746 g/mol. The number of hydrogen-bond donors (Lipinski definition) is 8. The van der Waals surface area contributed by atoms with Gasteiger partial charge in [-0.3, -0.25) is 9.35 Å². The highest BCUT2D eigenvalue weighted by molar-refractivity contribution is 7.80. The molecule has 0 bridgehead atoms. The smallest absolute Gasteiger partial charge is 0.397 e. The highest BCUT2D eigenvalue weighted by Crippen LogP contribution is 2.76. The molecule has 5 fully saturated rings. The summed E-state index contributed by atoms with van der Waals surface area (Å²) in [5.74, 6) is -1.87. The largest absolute Gasteiger partial charge is 0.432 e. The van der Waals surface area contributed by atoms with E-state index in [0.29, 0.717) is 44.9 Å². The fraction of sp³-hybridized carbons (Fsp3) is 0.917. The Morgan fingerprint density at radius 3 is 2.24 bits per heavy atom. The SMILES string of the molecule is CC1CCC2(C(=O)OC3OC(CO)C(O)C(O)C3O)CCC3(C)C(=CCC4C5(C)CC(O)C(O)C(C)(COS(=O)(=O)O)C5CCC43C)C2C1(C)O. The summed E-state index contributed by atoms with van der Waals surface area (Å²) in [5, 5.41) is 76.1. The van der Waals surface area contributed by atoms with Gasteiger partial charge in [-0.05, 0) is 92.3 Å². The van der Waals surface area contributed by atoms with Crippen LogP contribution in [0, 0.1) is 50.7 Å². The molecule has 15 heteroatoms. The number of allylic oxidation sites excluding steroid dienone is 1. The van der Waals surface area contributed by atoms with Gasteiger partial charge >= 0.3 is 16.4 Å². The number of aliphatic hydroxyl groups excluding tert-OH is 6. The summed E-state index contributed by atoms with van der Waals surface area (Å²) in [4.78, 5) is 14.5. The van der Waals surface area contributed by atoms with Crippen molar-refractivity contribution in [1.29, 1.82) is 0 Å². The van der Waals surface area contributed by atoms with E-state index in [-0.39, 0.29) is 24.2 Å². The molecule has 0 aromatic carbocycles. The van der Waals surface area contributed by atoms with E-state index in [2.05, 4.69) is 26.8 Å². The molecule has 0 amide bonds. The summed E-state index contributed by atoms with van der Waals surface area (Å²) in [6, 6.07) is 0. The Hall–Kier alpha value is -1.24. The molecule has 17 unspecified atom stereocenters. The van der Waals surface area contributed by atoms with Crippen LogP contribution in [-0.2, 0) is 28.9 Å². The number of carbonyl (C=O) groups excluding carboxylic acids is 1. The molecule has 0 spiro atoms. The van der Waals surface area contributed by atoms with Crippen LogP contribution in [0.2, 0.25) is 0 Å². The first kappa shape index (κ1) is 39.5. The molecule has 14 nitrogen and oxygen atoms in total. The fourth-order valence-electron chi connectivity index (χ4n) is 12.6. The minimum Gasteiger partial charge on any atom is -0.432 e. The lowest BCUT2D eigenvalue weighted by Crippen LogP contribution is -2.70. The van der Waals surface area contributed by atoms with Crippen LogP contribution in [0.4, 0.5) is 0 Å². The quantitative estimate of drug-likeness (QED) is 0.108. The number of fused-ring (bicyclic) bond motifs is 7. The first-order valence-corrected chi connectivity index (χ1v) is 19.7. The number of hydrogen-bond acceptors (Lipinski definition) is 13. The van der Waals surface area contributed by atoms with Gasteiger partial charge in [0.05, 0.1) is 36.4 Å². The van der Waals surface area contributed by atoms with Crippen molar-refractivity contribution in [3.05, 3.63) is 11.6 Å². The molecule has 8 N–H and O–H groups in total. The molecule has 17 atom stereocenters. The van der Waals surface area contributed by atoms with E-state index in [1.807, 2.05) is 6.92 Å². The second kappa shape index (κ2) is 12.7. The summed E-state index contributed by atoms with van der Waals surface area (Å²) in [5.41, 5.74) is -4.34. The van der Waals surface area contributed by atoms with Gasteiger partial charge in [0, 0.05) is 11.3 Å². The third-order valence-electron chi connectivity index (χ3n) is 15.8. The zero-order valence-corrected chi connectivity index (χ0v) is 31.3. The van der Waals surface area contributed by atoms with Crippen molar-refractivity contribution in [3.63, 3.8) is 0 Å². The number of rotatable bonds is 6. The van der Waals surface area contributed by atoms with Crippen LogP contribution in [0.15, 0.2) is 11.6 Å². The van der Waals surface area contributed by atoms with E-state index in [4.69, 9.17) is 13.7 Å². The number of carbonyl (C=O) groups is 1. The molecular formula is C36H58O14S. The summed E-state index contributed by atoms with van der Waals surface area (Å²) in [6.45, 7) is 10.8. The highest BCUT2D eigenvalue weighted by Gasteiger charge is 2.72. The van der Waals surface area contributed by atoms with Gasteiger partial charge < -0.3 is 45.2 Å². The lowest BCUT2D eigenvalue weighted by molar-refractivity contribution is -0.299. The van der Waals surface area contributed by atoms with Gasteiger partial charge in [-0.1, -0.05) is 46.3 Å². The van der Waals surface area contributed by atoms with Crippen molar-refractivity contribution in [2.45, 2.75) is 141 Å². The maximum Gasteiger partial charge on any atom is 0.397 e. The Labute approximate surface area is 300 Å². The number of esters is 1. The zero-order chi connectivity index (χ0) is 37.9. The van der Waals surface area contributed by atoms with Crippen molar-refractivity contribution in [2.75, 3.05) is 13.2 Å². The van der Waals surface area contributed by atoms with Crippen molar-refractivity contribution in [3.8, 4) is 0 Å². The van der Waals surface area contributed by atoms with E-state index in [0.717, 1.165) is 5.57 Å². The highest BCUT2D eigenvalue weighted by atomic mass is 32.3. The van der Waals surface area contributed by atoms with E-state index < -0.39 is 111 Å². The molecule has 51 heavy (non-hydrogen) atoms. The molecule has 1 saturated heterocycles. The predicted molar refractivity (Wildman–Crippen MR) is 180 cm³/mol. The van der Waals surface area contributed by atoms with Gasteiger partial charge in [0.1, 0.15) is 24.4 Å². The standard InChI is InChI=1S/C36H58O14S/c1-18-9-12-36(30(43)50-29-26(41)25(40)24(39)21(16-37)49-29)14-13-33(4)19(27(36)35(18,6)44)7-8-23-31(2)15-20(38)28(42)32(3,17-48-51(45,46)47)22(31)10-11-34(23,33)5/h7,18,20-29,37-42,44H,8-17H2,1-6H3,(H,45,46,47). The Morgan fingerprint density at radius 1 is 0.941 bits per heavy atom. The number of ether oxygens (including phenoxy) is 2.